The maximum absolute atomic E-state index is 9.39. The molecule has 1 fully saturated rings. The van der Waals surface area contributed by atoms with Gasteiger partial charge in [-0.2, -0.15) is 10.4 Å². The molecule has 4 nitrogen and oxygen atoms in total. The highest BCUT2D eigenvalue weighted by molar-refractivity contribution is 6.30. The van der Waals surface area contributed by atoms with Crippen molar-refractivity contribution in [1.29, 1.82) is 5.26 Å². The van der Waals surface area contributed by atoms with E-state index in [2.05, 4.69) is 22.9 Å². The van der Waals surface area contributed by atoms with Gasteiger partial charge in [-0.3, -0.25) is 0 Å². The molecule has 0 saturated heterocycles. The molecule has 1 saturated carbocycles. The second-order valence-corrected chi connectivity index (χ2v) is 9.77. The van der Waals surface area contributed by atoms with Crippen LogP contribution >= 0.6 is 11.6 Å². The first kappa shape index (κ1) is 22.2. The minimum Gasteiger partial charge on any atom is -0.367 e. The van der Waals surface area contributed by atoms with E-state index in [1.54, 1.807) is 0 Å². The lowest BCUT2D eigenvalue weighted by atomic mass is 9.69. The van der Waals surface area contributed by atoms with Gasteiger partial charge in [0.15, 0.2) is 0 Å². The number of benzene rings is 2. The van der Waals surface area contributed by atoms with Crippen LogP contribution in [0.1, 0.15) is 73.0 Å². The Kier molecular flexibility index (Phi) is 6.27. The average molecular weight is 460 g/mol. The maximum Gasteiger partial charge on any atom is 0.138 e. The van der Waals surface area contributed by atoms with Crippen molar-refractivity contribution in [1.82, 2.24) is 9.78 Å². The number of halogens is 1. The smallest absolute Gasteiger partial charge is 0.138 e. The van der Waals surface area contributed by atoms with E-state index >= 15 is 0 Å². The van der Waals surface area contributed by atoms with Crippen LogP contribution in [-0.4, -0.2) is 16.9 Å². The Morgan fingerprint density at radius 2 is 1.67 bits per heavy atom. The van der Waals surface area contributed by atoms with Crippen molar-refractivity contribution in [3.05, 3.63) is 81.6 Å². The lowest BCUT2D eigenvalue weighted by molar-refractivity contribution is -0.0475. The molecule has 5 heteroatoms. The van der Waals surface area contributed by atoms with Crippen LogP contribution in [0.3, 0.4) is 0 Å². The summed E-state index contributed by atoms with van der Waals surface area (Å²) in [5.74, 6) is 0.345. The number of nitrogens with zero attached hydrogens (tertiary/aromatic N) is 3. The predicted octanol–water partition coefficient (Wildman–Crippen LogP) is 6.75. The van der Waals surface area contributed by atoms with Crippen LogP contribution in [0.2, 0.25) is 5.02 Å². The van der Waals surface area contributed by atoms with Crippen molar-refractivity contribution in [2.45, 2.75) is 63.4 Å². The van der Waals surface area contributed by atoms with Crippen molar-refractivity contribution in [2.75, 3.05) is 7.11 Å². The van der Waals surface area contributed by atoms with Gasteiger partial charge in [0.25, 0.3) is 0 Å². The monoisotopic (exact) mass is 459 g/mol. The van der Waals surface area contributed by atoms with Gasteiger partial charge in [-0.25, -0.2) is 4.68 Å². The summed E-state index contributed by atoms with van der Waals surface area (Å²) in [6, 6.07) is 18.2. The fraction of sp³-hybridized carbons (Fsp3) is 0.429. The second kappa shape index (κ2) is 9.33. The van der Waals surface area contributed by atoms with Crippen LogP contribution in [0.4, 0.5) is 0 Å². The zero-order valence-corrected chi connectivity index (χ0v) is 19.9. The highest BCUT2D eigenvalue weighted by Crippen LogP contribution is 2.49. The number of aryl methyl sites for hydroxylation is 1. The van der Waals surface area contributed by atoms with Gasteiger partial charge in [-0.1, -0.05) is 43.0 Å². The summed E-state index contributed by atoms with van der Waals surface area (Å²) in [7, 11) is 1.85. The summed E-state index contributed by atoms with van der Waals surface area (Å²) in [6.07, 6.45) is 10.3. The highest BCUT2D eigenvalue weighted by atomic mass is 35.5. The van der Waals surface area contributed by atoms with E-state index in [4.69, 9.17) is 21.4 Å². The first-order chi connectivity index (χ1) is 16.2. The summed E-state index contributed by atoms with van der Waals surface area (Å²) in [5, 5.41) is 15.3. The minimum absolute atomic E-state index is 0.345. The molecular formula is C28H30ClN3O. The number of nitriles is 1. The predicted molar refractivity (Wildman–Crippen MR) is 131 cm³/mol. The van der Waals surface area contributed by atoms with E-state index in [-0.39, 0.29) is 0 Å². The molecule has 1 heterocycles. The third kappa shape index (κ3) is 3.88. The molecule has 3 aromatic rings. The van der Waals surface area contributed by atoms with Crippen molar-refractivity contribution < 1.29 is 4.74 Å². The number of fused-ring (bicyclic) bond motifs is 1. The Morgan fingerprint density at radius 1 is 0.970 bits per heavy atom. The Morgan fingerprint density at radius 3 is 2.33 bits per heavy atom. The number of rotatable bonds is 5. The molecule has 2 aliphatic rings. The molecular weight excluding hydrogens is 430 g/mol. The Labute approximate surface area is 201 Å². The van der Waals surface area contributed by atoms with Gasteiger partial charge in [0.2, 0.25) is 0 Å². The molecule has 0 spiro atoms. The molecule has 1 unspecified atom stereocenters. The molecule has 0 bridgehead atoms. The van der Waals surface area contributed by atoms with Crippen LogP contribution < -0.4 is 0 Å². The van der Waals surface area contributed by atoms with E-state index in [1.807, 2.05) is 43.5 Å². The van der Waals surface area contributed by atoms with Gasteiger partial charge in [-0.05, 0) is 86.4 Å². The van der Waals surface area contributed by atoms with Crippen molar-refractivity contribution in [3.63, 3.8) is 0 Å². The van der Waals surface area contributed by atoms with E-state index in [1.165, 1.54) is 49.1 Å². The van der Waals surface area contributed by atoms with Gasteiger partial charge in [0.1, 0.15) is 5.60 Å². The van der Waals surface area contributed by atoms with E-state index in [0.29, 0.717) is 11.5 Å². The summed E-state index contributed by atoms with van der Waals surface area (Å²) in [6.45, 7) is 0. The van der Waals surface area contributed by atoms with Gasteiger partial charge in [0, 0.05) is 17.7 Å². The van der Waals surface area contributed by atoms with E-state index < -0.39 is 5.60 Å². The van der Waals surface area contributed by atoms with Gasteiger partial charge >= 0.3 is 0 Å². The minimum atomic E-state index is -0.619. The average Bonchev–Trinajstić information content (AvgIpc) is 3.26. The fourth-order valence-electron chi connectivity index (χ4n) is 5.95. The van der Waals surface area contributed by atoms with Gasteiger partial charge in [0.05, 0.1) is 28.7 Å². The third-order valence-electron chi connectivity index (χ3n) is 7.52. The summed E-state index contributed by atoms with van der Waals surface area (Å²) >= 11 is 6.22. The molecule has 1 atom stereocenters. The molecule has 2 aromatic carbocycles. The molecule has 170 valence electrons. The molecule has 5 rings (SSSR count). The van der Waals surface area contributed by atoms with Crippen LogP contribution in [0.25, 0.3) is 5.69 Å². The number of methoxy groups -OCH3 is 1. The topological polar surface area (TPSA) is 50.8 Å². The van der Waals surface area contributed by atoms with E-state index in [0.717, 1.165) is 42.0 Å². The highest BCUT2D eigenvalue weighted by Gasteiger charge is 2.48. The quantitative estimate of drug-likeness (QED) is 0.424. The Hall–Kier alpha value is -2.61. The first-order valence-corrected chi connectivity index (χ1v) is 12.5. The van der Waals surface area contributed by atoms with Crippen LogP contribution in [0.5, 0.6) is 0 Å². The van der Waals surface area contributed by atoms with Crippen LogP contribution in [-0.2, 0) is 23.2 Å². The number of hydrogen-bond acceptors (Lipinski definition) is 3. The summed E-state index contributed by atoms with van der Waals surface area (Å²) < 4.78 is 8.79. The largest absolute Gasteiger partial charge is 0.367 e. The molecule has 33 heavy (non-hydrogen) atoms. The van der Waals surface area contributed by atoms with Crippen molar-refractivity contribution in [3.8, 4) is 11.8 Å². The molecule has 1 aromatic heterocycles. The molecule has 2 aliphatic carbocycles. The number of aromatic nitrogens is 2. The van der Waals surface area contributed by atoms with E-state index in [9.17, 15) is 5.26 Å². The number of hydrogen-bond donors (Lipinski definition) is 0. The first-order valence-electron chi connectivity index (χ1n) is 12.1. The lowest BCUT2D eigenvalue weighted by Crippen LogP contribution is -2.42. The maximum atomic E-state index is 9.39. The summed E-state index contributed by atoms with van der Waals surface area (Å²) in [4.78, 5) is 0. The lowest BCUT2D eigenvalue weighted by Gasteiger charge is -2.43. The Bertz CT molecular complexity index is 1150. The SMILES string of the molecule is COC(c1ccc(C#N)cc1)(c1c2c(nn1-c1ccc(Cl)cc1)CCCC2)C1CCCCC1. The van der Waals surface area contributed by atoms with Crippen LogP contribution in [0, 0.1) is 17.2 Å². The van der Waals surface area contributed by atoms with Crippen molar-refractivity contribution >= 4 is 11.6 Å². The summed E-state index contributed by atoms with van der Waals surface area (Å²) in [5.41, 5.74) is 5.87. The standard InChI is InChI=1S/C28H30ClN3O/c1-33-28(21-7-3-2-4-8-21,22-13-11-20(19-30)12-14-22)27-25-9-5-6-10-26(25)31-32(27)24-17-15-23(29)16-18-24/h11-18,21H,2-10H2,1H3. The molecule has 0 radical (unpaired) electrons. The number of ether oxygens (including phenoxy) is 1. The molecule has 0 N–H and O–H groups in total. The van der Waals surface area contributed by atoms with Gasteiger partial charge < -0.3 is 4.74 Å². The molecule has 0 aliphatic heterocycles. The van der Waals surface area contributed by atoms with Gasteiger partial charge in [-0.15, -0.1) is 0 Å². The molecule has 0 amide bonds. The second-order valence-electron chi connectivity index (χ2n) is 9.33. The van der Waals surface area contributed by atoms with Crippen molar-refractivity contribution in [2.24, 2.45) is 5.92 Å². The zero-order chi connectivity index (χ0) is 22.8. The normalized spacial score (nSPS) is 18.3. The van der Waals surface area contributed by atoms with Crippen LogP contribution in [0.15, 0.2) is 48.5 Å². The zero-order valence-electron chi connectivity index (χ0n) is 19.2. The Balaban J connectivity index is 1.79. The fourth-order valence-corrected chi connectivity index (χ4v) is 6.08. The third-order valence-corrected chi connectivity index (χ3v) is 7.78.